The van der Waals surface area contributed by atoms with Gasteiger partial charge < -0.3 is 0 Å². The first-order valence-electron chi connectivity index (χ1n) is 7.10. The predicted molar refractivity (Wildman–Crippen MR) is 89.5 cm³/mol. The van der Waals surface area contributed by atoms with E-state index < -0.39 is 5.97 Å². The van der Waals surface area contributed by atoms with Crippen molar-refractivity contribution >= 4 is 16.9 Å². The van der Waals surface area contributed by atoms with Crippen molar-refractivity contribution in [3.8, 4) is 0 Å². The first-order valence-corrected chi connectivity index (χ1v) is 8.32. The van der Waals surface area contributed by atoms with E-state index in [0.29, 0.717) is 5.56 Å². The van der Waals surface area contributed by atoms with Crippen molar-refractivity contribution in [2.75, 3.05) is 0 Å². The SMILES string of the molecule is O=C(OO)c1ccc([S+](c2ccccc2)c2ccccc2)cc1. The van der Waals surface area contributed by atoms with Crippen LogP contribution < -0.4 is 0 Å². The summed E-state index contributed by atoms with van der Waals surface area (Å²) in [7, 11) is -0.253. The van der Waals surface area contributed by atoms with Gasteiger partial charge in [-0.1, -0.05) is 36.4 Å². The molecule has 1 N–H and O–H groups in total. The van der Waals surface area contributed by atoms with Crippen molar-refractivity contribution in [2.24, 2.45) is 0 Å². The number of benzene rings is 3. The Morgan fingerprint density at radius 3 is 1.57 bits per heavy atom. The molecule has 0 saturated carbocycles. The van der Waals surface area contributed by atoms with Crippen LogP contribution in [-0.2, 0) is 15.8 Å². The van der Waals surface area contributed by atoms with Gasteiger partial charge in [-0.05, 0) is 48.5 Å². The third-order valence-corrected chi connectivity index (χ3v) is 5.60. The summed E-state index contributed by atoms with van der Waals surface area (Å²) in [5, 5.41) is 8.47. The van der Waals surface area contributed by atoms with Crippen LogP contribution in [0.2, 0.25) is 0 Å². The second-order valence-corrected chi connectivity index (χ2v) is 6.86. The Morgan fingerprint density at radius 2 is 1.13 bits per heavy atom. The summed E-state index contributed by atoms with van der Waals surface area (Å²) in [6.45, 7) is 0. The molecule has 3 aromatic rings. The molecule has 4 heteroatoms. The number of hydrogen-bond acceptors (Lipinski definition) is 3. The molecule has 0 spiro atoms. The number of rotatable bonds is 4. The van der Waals surface area contributed by atoms with Gasteiger partial charge in [0.2, 0.25) is 0 Å². The Bertz CT molecular complexity index is 731. The van der Waals surface area contributed by atoms with E-state index in [1.54, 1.807) is 12.1 Å². The molecule has 0 amide bonds. The van der Waals surface area contributed by atoms with Crippen LogP contribution in [-0.4, -0.2) is 11.2 Å². The topological polar surface area (TPSA) is 46.5 Å². The Hall–Kier alpha value is -2.56. The standard InChI is InChI=1S/C19H14O3S/c20-19(22-21)15-11-13-18(14-12-15)23(16-7-3-1-4-8-16)17-9-5-2-6-10-17/h1-14H/p+1. The maximum absolute atomic E-state index is 11.4. The third-order valence-electron chi connectivity index (χ3n) is 3.37. The van der Waals surface area contributed by atoms with Crippen molar-refractivity contribution in [1.82, 2.24) is 0 Å². The van der Waals surface area contributed by atoms with Crippen LogP contribution in [0.25, 0.3) is 0 Å². The molecule has 3 nitrogen and oxygen atoms in total. The zero-order valence-corrected chi connectivity index (χ0v) is 13.1. The molecule has 0 aliphatic rings. The van der Waals surface area contributed by atoms with Crippen LogP contribution in [0.3, 0.4) is 0 Å². The highest BCUT2D eigenvalue weighted by Crippen LogP contribution is 2.31. The van der Waals surface area contributed by atoms with Gasteiger partial charge in [0.1, 0.15) is 0 Å². The summed E-state index contributed by atoms with van der Waals surface area (Å²) < 4.78 is 0. The van der Waals surface area contributed by atoms with Gasteiger partial charge in [0.05, 0.1) is 16.5 Å². The molecule has 3 rings (SSSR count). The minimum Gasteiger partial charge on any atom is -0.296 e. The molecule has 0 saturated heterocycles. The van der Waals surface area contributed by atoms with Gasteiger partial charge in [-0.2, -0.15) is 5.26 Å². The lowest BCUT2D eigenvalue weighted by Gasteiger charge is -2.08. The van der Waals surface area contributed by atoms with Crippen molar-refractivity contribution in [3.05, 3.63) is 90.5 Å². The lowest BCUT2D eigenvalue weighted by Crippen LogP contribution is -2.06. The number of hydrogen-bond donors (Lipinski definition) is 1. The Kier molecular flexibility index (Phi) is 4.76. The maximum Gasteiger partial charge on any atom is 0.372 e. The molecule has 0 aromatic heterocycles. The molecular formula is C19H15O3S+. The summed E-state index contributed by atoms with van der Waals surface area (Å²) >= 11 is 0. The average Bonchev–Trinajstić information content (AvgIpc) is 2.64. The van der Waals surface area contributed by atoms with Crippen LogP contribution in [0.5, 0.6) is 0 Å². The number of carbonyl (C=O) groups is 1. The van der Waals surface area contributed by atoms with Crippen molar-refractivity contribution in [1.29, 1.82) is 0 Å². The zero-order valence-electron chi connectivity index (χ0n) is 12.3. The number of carbonyl (C=O) groups excluding carboxylic acids is 1. The van der Waals surface area contributed by atoms with Gasteiger partial charge in [0, 0.05) is 0 Å². The normalized spacial score (nSPS) is 10.5. The maximum atomic E-state index is 11.4. The second-order valence-electron chi connectivity index (χ2n) is 4.84. The molecular weight excluding hydrogens is 308 g/mol. The van der Waals surface area contributed by atoms with E-state index in [4.69, 9.17) is 5.26 Å². The molecule has 0 heterocycles. The summed E-state index contributed by atoms with van der Waals surface area (Å²) in [5.74, 6) is -0.754. The van der Waals surface area contributed by atoms with E-state index in [2.05, 4.69) is 29.2 Å². The molecule has 0 atom stereocenters. The summed E-state index contributed by atoms with van der Waals surface area (Å²) in [5.41, 5.74) is 0.320. The van der Waals surface area contributed by atoms with Crippen molar-refractivity contribution < 1.29 is 14.9 Å². The fraction of sp³-hybridized carbons (Fsp3) is 0. The van der Waals surface area contributed by atoms with E-state index in [-0.39, 0.29) is 10.9 Å². The first kappa shape index (κ1) is 15.3. The highest BCUT2D eigenvalue weighted by molar-refractivity contribution is 7.97. The van der Waals surface area contributed by atoms with Crippen molar-refractivity contribution in [2.45, 2.75) is 14.7 Å². The zero-order chi connectivity index (χ0) is 16.1. The molecule has 114 valence electrons. The van der Waals surface area contributed by atoms with Gasteiger partial charge in [-0.15, -0.1) is 0 Å². The minimum atomic E-state index is -0.754. The molecule has 0 aliphatic heterocycles. The quantitative estimate of drug-likeness (QED) is 0.439. The van der Waals surface area contributed by atoms with E-state index in [1.807, 2.05) is 48.5 Å². The lowest BCUT2D eigenvalue weighted by molar-refractivity contribution is -0.182. The van der Waals surface area contributed by atoms with E-state index in [1.165, 1.54) is 9.79 Å². The van der Waals surface area contributed by atoms with Crippen LogP contribution in [0, 0.1) is 0 Å². The van der Waals surface area contributed by atoms with E-state index >= 15 is 0 Å². The van der Waals surface area contributed by atoms with Gasteiger partial charge in [-0.3, -0.25) is 4.89 Å². The van der Waals surface area contributed by atoms with Gasteiger partial charge >= 0.3 is 5.97 Å². The van der Waals surface area contributed by atoms with Gasteiger partial charge in [0.15, 0.2) is 14.7 Å². The van der Waals surface area contributed by atoms with Gasteiger partial charge in [-0.25, -0.2) is 4.79 Å². The molecule has 0 fully saturated rings. The highest BCUT2D eigenvalue weighted by atomic mass is 32.2. The van der Waals surface area contributed by atoms with Crippen LogP contribution in [0.4, 0.5) is 0 Å². The summed E-state index contributed by atoms with van der Waals surface area (Å²) in [6.07, 6.45) is 0. The molecule has 0 radical (unpaired) electrons. The molecule has 23 heavy (non-hydrogen) atoms. The monoisotopic (exact) mass is 323 g/mol. The minimum absolute atomic E-state index is 0.253. The first-order chi connectivity index (χ1) is 11.3. The molecule has 0 bridgehead atoms. The van der Waals surface area contributed by atoms with Crippen LogP contribution in [0.1, 0.15) is 10.4 Å². The molecule has 0 unspecified atom stereocenters. The van der Waals surface area contributed by atoms with E-state index in [0.717, 1.165) is 4.90 Å². The highest BCUT2D eigenvalue weighted by Gasteiger charge is 2.28. The summed E-state index contributed by atoms with van der Waals surface area (Å²) in [6, 6.07) is 27.6. The Morgan fingerprint density at radius 1 is 0.696 bits per heavy atom. The van der Waals surface area contributed by atoms with Gasteiger partial charge in [0.25, 0.3) is 0 Å². The molecule has 3 aromatic carbocycles. The second kappa shape index (κ2) is 7.13. The lowest BCUT2D eigenvalue weighted by atomic mass is 10.2. The largest absolute Gasteiger partial charge is 0.372 e. The Labute approximate surface area is 137 Å². The fourth-order valence-corrected chi connectivity index (χ4v) is 4.38. The average molecular weight is 323 g/mol. The fourth-order valence-electron chi connectivity index (χ4n) is 2.30. The molecule has 0 aliphatic carbocycles. The van der Waals surface area contributed by atoms with E-state index in [9.17, 15) is 4.79 Å². The summed E-state index contributed by atoms with van der Waals surface area (Å²) in [4.78, 5) is 18.6. The van der Waals surface area contributed by atoms with Crippen LogP contribution in [0.15, 0.2) is 99.6 Å². The Balaban J connectivity index is 2.04. The third kappa shape index (κ3) is 3.44. The smallest absolute Gasteiger partial charge is 0.296 e. The van der Waals surface area contributed by atoms with Crippen LogP contribution >= 0.6 is 0 Å². The van der Waals surface area contributed by atoms with Crippen molar-refractivity contribution in [3.63, 3.8) is 0 Å². The predicted octanol–water partition coefficient (Wildman–Crippen LogP) is 4.41.